The van der Waals surface area contributed by atoms with E-state index in [9.17, 15) is 13.2 Å². The fraction of sp³-hybridized carbons (Fsp3) is 0.333. The lowest BCUT2D eigenvalue weighted by molar-refractivity contribution is 0.0748. The molecule has 122 valence electrons. The molecule has 1 aliphatic rings. The van der Waals surface area contributed by atoms with Gasteiger partial charge in [-0.3, -0.25) is 9.89 Å². The zero-order chi connectivity index (χ0) is 16.6. The molecule has 0 radical (unpaired) electrons. The number of amides is 1. The number of H-pyrrole nitrogens is 1. The summed E-state index contributed by atoms with van der Waals surface area (Å²) in [6.45, 7) is 0. The van der Waals surface area contributed by atoms with Gasteiger partial charge in [0.25, 0.3) is 5.91 Å². The molecule has 2 aromatic rings. The standard InChI is InChI=1S/C15H16ClN3O3S/c1-19(12-5-6-23(21,22)9-12)15(20)13-8-17-18-14(13)10-3-2-4-11(16)7-10/h2-4,7-8,12H,5-6,9H2,1H3,(H,17,18). The quantitative estimate of drug-likeness (QED) is 0.914. The van der Waals surface area contributed by atoms with E-state index in [1.807, 2.05) is 6.07 Å². The molecule has 1 saturated heterocycles. The minimum Gasteiger partial charge on any atom is -0.338 e. The van der Waals surface area contributed by atoms with Gasteiger partial charge in [-0.05, 0) is 18.6 Å². The summed E-state index contributed by atoms with van der Waals surface area (Å²) in [7, 11) is -1.42. The summed E-state index contributed by atoms with van der Waals surface area (Å²) >= 11 is 5.99. The van der Waals surface area contributed by atoms with Crippen LogP contribution in [0, 0.1) is 0 Å². The van der Waals surface area contributed by atoms with Gasteiger partial charge in [0.1, 0.15) is 0 Å². The molecule has 0 aliphatic carbocycles. The first kappa shape index (κ1) is 16.0. The molecule has 2 heterocycles. The summed E-state index contributed by atoms with van der Waals surface area (Å²) in [4.78, 5) is 14.2. The molecule has 1 fully saturated rings. The van der Waals surface area contributed by atoms with Crippen molar-refractivity contribution >= 4 is 27.3 Å². The molecule has 1 amide bonds. The van der Waals surface area contributed by atoms with Crippen molar-refractivity contribution in [1.82, 2.24) is 15.1 Å². The van der Waals surface area contributed by atoms with Crippen LogP contribution in [0.15, 0.2) is 30.5 Å². The van der Waals surface area contributed by atoms with Crippen molar-refractivity contribution in [3.63, 3.8) is 0 Å². The van der Waals surface area contributed by atoms with Gasteiger partial charge in [0.15, 0.2) is 9.84 Å². The first-order chi connectivity index (χ1) is 10.9. The van der Waals surface area contributed by atoms with Crippen molar-refractivity contribution in [2.24, 2.45) is 0 Å². The van der Waals surface area contributed by atoms with Crippen LogP contribution in [0.5, 0.6) is 0 Å². The summed E-state index contributed by atoms with van der Waals surface area (Å²) in [6.07, 6.45) is 1.92. The van der Waals surface area contributed by atoms with Gasteiger partial charge in [0.05, 0.1) is 29.0 Å². The number of rotatable bonds is 3. The van der Waals surface area contributed by atoms with Gasteiger partial charge >= 0.3 is 0 Å². The number of aromatic nitrogens is 2. The highest BCUT2D eigenvalue weighted by atomic mass is 35.5. The first-order valence-corrected chi connectivity index (χ1v) is 9.34. The number of nitrogens with zero attached hydrogens (tertiary/aromatic N) is 2. The number of hydrogen-bond acceptors (Lipinski definition) is 4. The third-order valence-electron chi connectivity index (χ3n) is 4.06. The fourth-order valence-corrected chi connectivity index (χ4v) is 4.71. The van der Waals surface area contributed by atoms with Gasteiger partial charge in [-0.1, -0.05) is 23.7 Å². The number of sulfone groups is 1. The normalized spacial score (nSPS) is 19.7. The van der Waals surface area contributed by atoms with Crippen LogP contribution in [0.2, 0.25) is 5.02 Å². The molecule has 0 spiro atoms. The fourth-order valence-electron chi connectivity index (χ4n) is 2.75. The molecule has 0 saturated carbocycles. The van der Waals surface area contributed by atoms with Crippen molar-refractivity contribution in [3.05, 3.63) is 41.0 Å². The summed E-state index contributed by atoms with van der Waals surface area (Å²) < 4.78 is 23.2. The Labute approximate surface area is 139 Å². The van der Waals surface area contributed by atoms with Gasteiger partial charge in [0.2, 0.25) is 0 Å². The minimum absolute atomic E-state index is 0.0135. The van der Waals surface area contributed by atoms with Gasteiger partial charge in [0, 0.05) is 23.7 Å². The minimum atomic E-state index is -3.05. The Kier molecular flexibility index (Phi) is 4.16. The maximum atomic E-state index is 12.7. The van der Waals surface area contributed by atoms with Gasteiger partial charge in [-0.15, -0.1) is 0 Å². The number of benzene rings is 1. The Morgan fingerprint density at radius 2 is 2.22 bits per heavy atom. The van der Waals surface area contributed by atoms with Crippen molar-refractivity contribution in [1.29, 1.82) is 0 Å². The Morgan fingerprint density at radius 3 is 2.87 bits per heavy atom. The largest absolute Gasteiger partial charge is 0.338 e. The maximum absolute atomic E-state index is 12.7. The number of halogens is 1. The molecule has 1 aliphatic heterocycles. The van der Waals surface area contributed by atoms with Gasteiger partial charge in [-0.2, -0.15) is 5.10 Å². The van der Waals surface area contributed by atoms with Crippen molar-refractivity contribution in [3.8, 4) is 11.3 Å². The van der Waals surface area contributed by atoms with E-state index in [-0.39, 0.29) is 23.5 Å². The molecular weight excluding hydrogens is 338 g/mol. The summed E-state index contributed by atoms with van der Waals surface area (Å²) in [6, 6.07) is 6.81. The first-order valence-electron chi connectivity index (χ1n) is 7.14. The highest BCUT2D eigenvalue weighted by Gasteiger charge is 2.34. The summed E-state index contributed by atoms with van der Waals surface area (Å²) in [5, 5.41) is 7.33. The lowest BCUT2D eigenvalue weighted by Gasteiger charge is -2.23. The molecular formula is C15H16ClN3O3S. The van der Waals surface area contributed by atoms with Crippen LogP contribution in [0.3, 0.4) is 0 Å². The molecule has 8 heteroatoms. The third-order valence-corrected chi connectivity index (χ3v) is 6.04. The zero-order valence-corrected chi connectivity index (χ0v) is 14.1. The lowest BCUT2D eigenvalue weighted by Crippen LogP contribution is -2.37. The SMILES string of the molecule is CN(C(=O)c1cn[nH]c1-c1cccc(Cl)c1)C1CCS(=O)(=O)C1. The van der Waals surface area contributed by atoms with E-state index in [4.69, 9.17) is 11.6 Å². The molecule has 1 aromatic carbocycles. The maximum Gasteiger partial charge on any atom is 0.257 e. The van der Waals surface area contributed by atoms with Gasteiger partial charge < -0.3 is 4.90 Å². The highest BCUT2D eigenvalue weighted by molar-refractivity contribution is 7.91. The number of carbonyl (C=O) groups is 1. The van der Waals surface area contributed by atoms with E-state index in [1.54, 1.807) is 25.2 Å². The van der Waals surface area contributed by atoms with E-state index < -0.39 is 9.84 Å². The van der Waals surface area contributed by atoms with Crippen molar-refractivity contribution < 1.29 is 13.2 Å². The van der Waals surface area contributed by atoms with Crippen LogP contribution in [0.4, 0.5) is 0 Å². The average Bonchev–Trinajstić information content (AvgIpc) is 3.12. The molecule has 1 aromatic heterocycles. The second kappa shape index (κ2) is 5.98. The summed E-state index contributed by atoms with van der Waals surface area (Å²) in [5.74, 6) is -0.114. The molecule has 0 bridgehead atoms. The second-order valence-electron chi connectivity index (χ2n) is 5.64. The predicted molar refractivity (Wildman–Crippen MR) is 88.2 cm³/mol. The Balaban J connectivity index is 1.88. The Hall–Kier alpha value is -1.86. The second-order valence-corrected chi connectivity index (χ2v) is 8.31. The molecule has 23 heavy (non-hydrogen) atoms. The van der Waals surface area contributed by atoms with Crippen LogP contribution in [-0.4, -0.2) is 54.0 Å². The third kappa shape index (κ3) is 3.25. The van der Waals surface area contributed by atoms with E-state index >= 15 is 0 Å². The topological polar surface area (TPSA) is 83.1 Å². The van der Waals surface area contributed by atoms with Crippen molar-refractivity contribution in [2.45, 2.75) is 12.5 Å². The molecule has 1 unspecified atom stereocenters. The molecule has 6 nitrogen and oxygen atoms in total. The number of nitrogens with one attached hydrogen (secondary N) is 1. The van der Waals surface area contributed by atoms with E-state index in [0.29, 0.717) is 22.7 Å². The Bertz CT molecular complexity index is 847. The monoisotopic (exact) mass is 353 g/mol. The zero-order valence-electron chi connectivity index (χ0n) is 12.5. The van der Waals surface area contributed by atoms with E-state index in [0.717, 1.165) is 5.56 Å². The Morgan fingerprint density at radius 1 is 1.43 bits per heavy atom. The smallest absolute Gasteiger partial charge is 0.257 e. The van der Waals surface area contributed by atoms with Crippen LogP contribution in [-0.2, 0) is 9.84 Å². The van der Waals surface area contributed by atoms with Gasteiger partial charge in [-0.25, -0.2) is 8.42 Å². The molecule has 1 atom stereocenters. The average molecular weight is 354 g/mol. The van der Waals surface area contributed by atoms with Crippen LogP contribution >= 0.6 is 11.6 Å². The van der Waals surface area contributed by atoms with Crippen molar-refractivity contribution in [2.75, 3.05) is 18.6 Å². The van der Waals surface area contributed by atoms with E-state index in [2.05, 4.69) is 10.2 Å². The highest BCUT2D eigenvalue weighted by Crippen LogP contribution is 2.26. The van der Waals surface area contributed by atoms with Crippen LogP contribution in [0.25, 0.3) is 11.3 Å². The van der Waals surface area contributed by atoms with Crippen LogP contribution < -0.4 is 0 Å². The lowest BCUT2D eigenvalue weighted by atomic mass is 10.1. The van der Waals surface area contributed by atoms with Crippen LogP contribution in [0.1, 0.15) is 16.8 Å². The summed E-state index contributed by atoms with van der Waals surface area (Å²) in [5.41, 5.74) is 1.73. The number of hydrogen-bond donors (Lipinski definition) is 1. The number of carbonyl (C=O) groups excluding carboxylic acids is 1. The predicted octanol–water partition coefficient (Wildman–Crippen LogP) is 1.99. The number of aromatic amines is 1. The molecule has 1 N–H and O–H groups in total. The van der Waals surface area contributed by atoms with E-state index in [1.165, 1.54) is 11.1 Å². The molecule has 3 rings (SSSR count).